The van der Waals surface area contributed by atoms with Gasteiger partial charge in [-0.1, -0.05) is 18.2 Å². The Morgan fingerprint density at radius 3 is 2.89 bits per heavy atom. The number of nitrogens with zero attached hydrogens (tertiary/aromatic N) is 2. The SMILES string of the molecule is CN(CCc1ccc2c(n1)CO/C2=C1/C(=O)Nc2ccccc21)CC(O)CO. The quantitative estimate of drug-likeness (QED) is 0.652. The number of aliphatic hydroxyl groups excluding tert-OH is 2. The molecule has 0 saturated heterocycles. The highest BCUT2D eigenvalue weighted by molar-refractivity contribution is 6.36. The van der Waals surface area contributed by atoms with E-state index in [-0.39, 0.29) is 12.5 Å². The molecule has 0 saturated carbocycles. The number of likely N-dealkylation sites (N-methyl/N-ethyl adjacent to an activating group) is 1. The number of hydrogen-bond acceptors (Lipinski definition) is 6. The number of nitrogens with one attached hydrogen (secondary N) is 1. The smallest absolute Gasteiger partial charge is 0.260 e. The van der Waals surface area contributed by atoms with Gasteiger partial charge in [0.05, 0.1) is 24.0 Å². The molecule has 1 unspecified atom stereocenters. The summed E-state index contributed by atoms with van der Waals surface area (Å²) in [6.07, 6.45) is -0.0158. The van der Waals surface area contributed by atoms with Crippen LogP contribution in [0.5, 0.6) is 0 Å². The van der Waals surface area contributed by atoms with E-state index in [0.717, 1.165) is 34.6 Å². The van der Waals surface area contributed by atoms with Gasteiger partial charge in [-0.2, -0.15) is 0 Å². The summed E-state index contributed by atoms with van der Waals surface area (Å²) >= 11 is 0. The number of aliphatic hydroxyl groups is 2. The van der Waals surface area contributed by atoms with Crippen LogP contribution in [0.2, 0.25) is 0 Å². The maximum atomic E-state index is 12.5. The fraction of sp³-hybridized carbons (Fsp3) is 0.333. The molecular formula is C21H23N3O4. The molecule has 7 nitrogen and oxygen atoms in total. The first-order valence-electron chi connectivity index (χ1n) is 9.31. The Morgan fingerprint density at radius 2 is 2.07 bits per heavy atom. The molecule has 1 aromatic heterocycles. The molecule has 0 radical (unpaired) electrons. The Bertz CT molecular complexity index is 941. The van der Waals surface area contributed by atoms with Gasteiger partial charge in [0.2, 0.25) is 0 Å². The lowest BCUT2D eigenvalue weighted by molar-refractivity contribution is -0.110. The van der Waals surface area contributed by atoms with Crippen LogP contribution in [0.1, 0.15) is 22.5 Å². The molecule has 3 N–H and O–H groups in total. The number of pyridine rings is 1. The number of fused-ring (bicyclic) bond motifs is 2. The fourth-order valence-electron chi connectivity index (χ4n) is 3.58. The molecule has 7 heteroatoms. The molecule has 1 amide bonds. The maximum Gasteiger partial charge on any atom is 0.260 e. The molecule has 4 rings (SSSR count). The van der Waals surface area contributed by atoms with Crippen LogP contribution in [0.3, 0.4) is 0 Å². The number of carbonyl (C=O) groups is 1. The van der Waals surface area contributed by atoms with Crippen molar-refractivity contribution in [3.05, 3.63) is 58.9 Å². The second-order valence-corrected chi connectivity index (χ2v) is 7.14. The first-order valence-corrected chi connectivity index (χ1v) is 9.31. The summed E-state index contributed by atoms with van der Waals surface area (Å²) in [5.74, 6) is 0.428. The highest BCUT2D eigenvalue weighted by atomic mass is 16.5. The summed E-state index contributed by atoms with van der Waals surface area (Å²) in [5.41, 5.74) is 4.81. The monoisotopic (exact) mass is 381 g/mol. The first-order chi connectivity index (χ1) is 13.6. The molecule has 1 aromatic carbocycles. The zero-order valence-electron chi connectivity index (χ0n) is 15.7. The number of hydrogen-bond donors (Lipinski definition) is 3. The second-order valence-electron chi connectivity index (χ2n) is 7.14. The van der Waals surface area contributed by atoms with Gasteiger partial charge in [-0.15, -0.1) is 0 Å². The molecule has 3 heterocycles. The van der Waals surface area contributed by atoms with Gasteiger partial charge in [-0.25, -0.2) is 0 Å². The van der Waals surface area contributed by atoms with E-state index >= 15 is 0 Å². The first kappa shape index (κ1) is 18.6. The van der Waals surface area contributed by atoms with E-state index in [2.05, 4.69) is 5.32 Å². The Hall–Kier alpha value is -2.74. The van der Waals surface area contributed by atoms with Crippen molar-refractivity contribution in [3.8, 4) is 0 Å². The van der Waals surface area contributed by atoms with E-state index in [0.29, 0.717) is 31.0 Å². The van der Waals surface area contributed by atoms with Crippen molar-refractivity contribution < 1.29 is 19.7 Å². The van der Waals surface area contributed by atoms with E-state index in [9.17, 15) is 9.90 Å². The number of aromatic nitrogens is 1. The number of anilines is 1. The molecule has 0 aliphatic carbocycles. The maximum absolute atomic E-state index is 12.5. The number of para-hydroxylation sites is 1. The zero-order chi connectivity index (χ0) is 19.7. The minimum atomic E-state index is -0.735. The van der Waals surface area contributed by atoms with Crippen LogP contribution < -0.4 is 5.32 Å². The minimum Gasteiger partial charge on any atom is -0.486 e. The van der Waals surface area contributed by atoms with Gasteiger partial charge in [0.25, 0.3) is 5.91 Å². The summed E-state index contributed by atoms with van der Waals surface area (Å²) in [4.78, 5) is 19.1. The highest BCUT2D eigenvalue weighted by Gasteiger charge is 2.32. The molecule has 28 heavy (non-hydrogen) atoms. The normalized spacial score (nSPS) is 18.6. The van der Waals surface area contributed by atoms with Crippen molar-refractivity contribution in [2.24, 2.45) is 0 Å². The van der Waals surface area contributed by atoms with Crippen molar-refractivity contribution in [1.82, 2.24) is 9.88 Å². The number of rotatable bonds is 6. The molecule has 1 atom stereocenters. The van der Waals surface area contributed by atoms with E-state index in [1.54, 1.807) is 0 Å². The van der Waals surface area contributed by atoms with E-state index in [4.69, 9.17) is 14.8 Å². The highest BCUT2D eigenvalue weighted by Crippen LogP contribution is 2.40. The van der Waals surface area contributed by atoms with Crippen molar-refractivity contribution in [2.45, 2.75) is 19.1 Å². The molecule has 0 fully saturated rings. The Kier molecular flexibility index (Phi) is 5.13. The van der Waals surface area contributed by atoms with Crippen molar-refractivity contribution in [3.63, 3.8) is 0 Å². The van der Waals surface area contributed by atoms with E-state index in [1.165, 1.54) is 0 Å². The van der Waals surface area contributed by atoms with Crippen LogP contribution in [0, 0.1) is 0 Å². The summed E-state index contributed by atoms with van der Waals surface area (Å²) in [6.45, 7) is 1.23. The zero-order valence-corrected chi connectivity index (χ0v) is 15.7. The molecule has 2 aromatic rings. The molecule has 2 aliphatic heterocycles. The predicted molar refractivity (Wildman–Crippen MR) is 105 cm³/mol. The summed E-state index contributed by atoms with van der Waals surface area (Å²) in [7, 11) is 1.90. The molecule has 146 valence electrons. The van der Waals surface area contributed by atoms with Gasteiger partial charge in [0.15, 0.2) is 0 Å². The van der Waals surface area contributed by atoms with Crippen molar-refractivity contribution in [2.75, 3.05) is 32.1 Å². The largest absolute Gasteiger partial charge is 0.486 e. The van der Waals surface area contributed by atoms with Crippen LogP contribution in [0.15, 0.2) is 36.4 Å². The summed E-state index contributed by atoms with van der Waals surface area (Å²) in [5, 5.41) is 21.3. The second kappa shape index (κ2) is 7.71. The van der Waals surface area contributed by atoms with Crippen LogP contribution in [0.25, 0.3) is 11.3 Å². The van der Waals surface area contributed by atoms with Crippen LogP contribution in [-0.2, 0) is 22.6 Å². The Labute approximate surface area is 163 Å². The van der Waals surface area contributed by atoms with Gasteiger partial charge < -0.3 is 25.2 Å². The summed E-state index contributed by atoms with van der Waals surface area (Å²) in [6, 6.07) is 11.5. The third-order valence-corrected chi connectivity index (χ3v) is 5.01. The lowest BCUT2D eigenvalue weighted by atomic mass is 10.0. The van der Waals surface area contributed by atoms with Gasteiger partial charge in [0.1, 0.15) is 12.4 Å². The number of ether oxygens (including phenoxy) is 1. The van der Waals surface area contributed by atoms with E-state index < -0.39 is 6.10 Å². The lowest BCUT2D eigenvalue weighted by Crippen LogP contribution is -2.32. The fourth-order valence-corrected chi connectivity index (χ4v) is 3.58. The average Bonchev–Trinajstić information content (AvgIpc) is 3.25. The number of benzene rings is 1. The topological polar surface area (TPSA) is 94.9 Å². The van der Waals surface area contributed by atoms with Crippen molar-refractivity contribution in [1.29, 1.82) is 0 Å². The van der Waals surface area contributed by atoms with Gasteiger partial charge >= 0.3 is 0 Å². The van der Waals surface area contributed by atoms with Crippen LogP contribution >= 0.6 is 0 Å². The third-order valence-electron chi connectivity index (χ3n) is 5.01. The van der Waals surface area contributed by atoms with Crippen LogP contribution in [0.4, 0.5) is 5.69 Å². The number of carbonyl (C=O) groups excluding carboxylic acids is 1. The van der Waals surface area contributed by atoms with Gasteiger partial charge in [-0.3, -0.25) is 9.78 Å². The standard InChI is InChI=1S/C21H23N3O4/c1-24(10-14(26)11-25)9-8-13-6-7-16-18(22-13)12-28-20(16)19-15-4-2-3-5-17(15)23-21(19)27/h2-7,14,25-26H,8-12H2,1H3,(H,23,27)/b20-19+. The third kappa shape index (κ3) is 3.52. The summed E-state index contributed by atoms with van der Waals surface area (Å²) < 4.78 is 5.87. The molecule has 0 spiro atoms. The van der Waals surface area contributed by atoms with E-state index in [1.807, 2.05) is 48.3 Å². The van der Waals surface area contributed by atoms with Gasteiger partial charge in [0, 0.05) is 42.0 Å². The number of amides is 1. The lowest BCUT2D eigenvalue weighted by Gasteiger charge is -2.19. The predicted octanol–water partition coefficient (Wildman–Crippen LogP) is 1.26. The van der Waals surface area contributed by atoms with Gasteiger partial charge in [-0.05, 0) is 25.2 Å². The molecular weight excluding hydrogens is 358 g/mol. The van der Waals surface area contributed by atoms with Crippen LogP contribution in [-0.4, -0.2) is 58.9 Å². The molecule has 0 bridgehead atoms. The average molecular weight is 381 g/mol. The minimum absolute atomic E-state index is 0.155. The molecule has 2 aliphatic rings. The van der Waals surface area contributed by atoms with Crippen molar-refractivity contribution >= 4 is 22.9 Å². The Balaban J connectivity index is 1.54. The Morgan fingerprint density at radius 1 is 1.25 bits per heavy atom.